The minimum atomic E-state index is -0.0702. The number of likely N-dealkylation sites (tertiary alicyclic amines) is 1. The highest BCUT2D eigenvalue weighted by molar-refractivity contribution is 6.44. The van der Waals surface area contributed by atoms with Crippen LogP contribution in [0.1, 0.15) is 43.0 Å². The Morgan fingerprint density at radius 1 is 1.35 bits per heavy atom. The molecule has 110 valence electrons. The van der Waals surface area contributed by atoms with Crippen molar-refractivity contribution in [1.29, 1.82) is 0 Å². The number of anilines is 1. The zero-order chi connectivity index (χ0) is 14.7. The van der Waals surface area contributed by atoms with Gasteiger partial charge in [-0.2, -0.15) is 0 Å². The summed E-state index contributed by atoms with van der Waals surface area (Å²) in [6.07, 6.45) is 4.57. The van der Waals surface area contributed by atoms with Gasteiger partial charge in [0.1, 0.15) is 0 Å². The Hall–Kier alpha value is -0.930. The number of rotatable bonds is 3. The molecule has 0 radical (unpaired) electrons. The number of carbonyl (C=O) groups excluding carboxylic acids is 1. The predicted octanol–water partition coefficient (Wildman–Crippen LogP) is 4.23. The smallest absolute Gasteiger partial charge is 0.255 e. The van der Waals surface area contributed by atoms with Crippen LogP contribution >= 0.6 is 23.2 Å². The maximum Gasteiger partial charge on any atom is 0.255 e. The third kappa shape index (κ3) is 3.39. The second-order valence-electron chi connectivity index (χ2n) is 5.39. The van der Waals surface area contributed by atoms with Gasteiger partial charge in [-0.1, -0.05) is 43.0 Å². The van der Waals surface area contributed by atoms with E-state index in [1.54, 1.807) is 12.1 Å². The van der Waals surface area contributed by atoms with E-state index < -0.39 is 0 Å². The van der Waals surface area contributed by atoms with Crippen molar-refractivity contribution >= 4 is 34.8 Å². The monoisotopic (exact) mass is 314 g/mol. The number of nitrogen functional groups attached to an aromatic ring is 1. The second kappa shape index (κ2) is 6.68. The summed E-state index contributed by atoms with van der Waals surface area (Å²) < 4.78 is 0. The van der Waals surface area contributed by atoms with Gasteiger partial charge in [-0.15, -0.1) is 0 Å². The summed E-state index contributed by atoms with van der Waals surface area (Å²) in [7, 11) is 0. The SMILES string of the molecule is CCCC1CCN(C(=O)c2cc(N)cc(Cl)c2Cl)CC1. The van der Waals surface area contributed by atoms with Gasteiger partial charge < -0.3 is 10.6 Å². The number of carbonyl (C=O) groups is 1. The first-order valence-corrected chi connectivity index (χ1v) is 7.82. The highest BCUT2D eigenvalue weighted by Crippen LogP contribution is 2.31. The molecule has 1 aromatic carbocycles. The number of halogens is 2. The van der Waals surface area contributed by atoms with Crippen molar-refractivity contribution in [2.45, 2.75) is 32.6 Å². The molecule has 1 amide bonds. The number of piperidine rings is 1. The fraction of sp³-hybridized carbons (Fsp3) is 0.533. The molecule has 20 heavy (non-hydrogen) atoms. The molecule has 1 fully saturated rings. The van der Waals surface area contributed by atoms with Crippen molar-refractivity contribution in [2.24, 2.45) is 5.92 Å². The van der Waals surface area contributed by atoms with Crippen LogP contribution in [0.4, 0.5) is 5.69 Å². The van der Waals surface area contributed by atoms with Crippen LogP contribution in [0.3, 0.4) is 0 Å². The number of nitrogens with two attached hydrogens (primary N) is 1. The van der Waals surface area contributed by atoms with Crippen molar-refractivity contribution in [1.82, 2.24) is 4.90 Å². The molecule has 0 atom stereocenters. The fourth-order valence-corrected chi connectivity index (χ4v) is 3.19. The van der Waals surface area contributed by atoms with Crippen LogP contribution in [-0.2, 0) is 0 Å². The van der Waals surface area contributed by atoms with Gasteiger partial charge in [0, 0.05) is 18.8 Å². The van der Waals surface area contributed by atoms with E-state index in [1.807, 2.05) is 4.90 Å². The Balaban J connectivity index is 2.09. The molecule has 2 rings (SSSR count). The Morgan fingerprint density at radius 3 is 2.60 bits per heavy atom. The summed E-state index contributed by atoms with van der Waals surface area (Å²) in [5.41, 5.74) is 6.61. The topological polar surface area (TPSA) is 46.3 Å². The molecule has 3 nitrogen and oxygen atoms in total. The van der Waals surface area contributed by atoms with Crippen LogP contribution < -0.4 is 5.73 Å². The van der Waals surface area contributed by atoms with Gasteiger partial charge in [-0.25, -0.2) is 0 Å². The Labute approximate surface area is 130 Å². The molecule has 1 heterocycles. The highest BCUT2D eigenvalue weighted by Gasteiger charge is 2.25. The van der Waals surface area contributed by atoms with Gasteiger partial charge in [-0.3, -0.25) is 4.79 Å². The highest BCUT2D eigenvalue weighted by atomic mass is 35.5. The average Bonchev–Trinajstić information content (AvgIpc) is 2.43. The van der Waals surface area contributed by atoms with Gasteiger partial charge in [-0.05, 0) is 30.9 Å². The summed E-state index contributed by atoms with van der Waals surface area (Å²) in [4.78, 5) is 14.4. The van der Waals surface area contributed by atoms with Crippen molar-refractivity contribution in [3.05, 3.63) is 27.7 Å². The van der Waals surface area contributed by atoms with Crippen LogP contribution in [0, 0.1) is 5.92 Å². The molecule has 0 spiro atoms. The van der Waals surface area contributed by atoms with Gasteiger partial charge >= 0.3 is 0 Å². The van der Waals surface area contributed by atoms with Gasteiger partial charge in [0.15, 0.2) is 0 Å². The largest absolute Gasteiger partial charge is 0.399 e. The standard InChI is InChI=1S/C15H20Cl2N2O/c1-2-3-10-4-6-19(7-5-10)15(20)12-8-11(18)9-13(16)14(12)17/h8-10H,2-7,18H2,1H3. The fourth-order valence-electron chi connectivity index (χ4n) is 2.77. The first-order chi connectivity index (χ1) is 9.52. The Kier molecular flexibility index (Phi) is 5.17. The molecular formula is C15H20Cl2N2O. The summed E-state index contributed by atoms with van der Waals surface area (Å²) in [6, 6.07) is 3.17. The lowest BCUT2D eigenvalue weighted by atomic mass is 9.92. The summed E-state index contributed by atoms with van der Waals surface area (Å²) in [6.45, 7) is 3.77. The zero-order valence-electron chi connectivity index (χ0n) is 11.7. The molecule has 1 aliphatic rings. The summed E-state index contributed by atoms with van der Waals surface area (Å²) in [5.74, 6) is 0.670. The quantitative estimate of drug-likeness (QED) is 0.849. The molecule has 1 aromatic rings. The molecule has 0 unspecified atom stereocenters. The van der Waals surface area contributed by atoms with Crippen molar-refractivity contribution in [3.63, 3.8) is 0 Å². The molecule has 0 aromatic heterocycles. The Morgan fingerprint density at radius 2 is 2.00 bits per heavy atom. The van der Waals surface area contributed by atoms with Crippen molar-refractivity contribution in [2.75, 3.05) is 18.8 Å². The van der Waals surface area contributed by atoms with E-state index in [4.69, 9.17) is 28.9 Å². The molecule has 0 saturated carbocycles. The number of benzene rings is 1. The molecule has 0 aliphatic carbocycles. The van der Waals surface area contributed by atoms with E-state index in [1.165, 1.54) is 12.8 Å². The minimum absolute atomic E-state index is 0.0702. The number of hydrogen-bond acceptors (Lipinski definition) is 2. The van der Waals surface area contributed by atoms with Crippen LogP contribution in [0.5, 0.6) is 0 Å². The van der Waals surface area contributed by atoms with E-state index in [0.717, 1.165) is 31.8 Å². The number of hydrogen-bond donors (Lipinski definition) is 1. The zero-order valence-corrected chi connectivity index (χ0v) is 13.2. The second-order valence-corrected chi connectivity index (χ2v) is 6.17. The molecule has 1 aliphatic heterocycles. The van der Waals surface area contributed by atoms with E-state index >= 15 is 0 Å². The number of amides is 1. The molecular weight excluding hydrogens is 295 g/mol. The van der Waals surface area contributed by atoms with Crippen molar-refractivity contribution in [3.8, 4) is 0 Å². The molecule has 5 heteroatoms. The maximum absolute atomic E-state index is 12.5. The molecule has 2 N–H and O–H groups in total. The first-order valence-electron chi connectivity index (χ1n) is 7.06. The average molecular weight is 315 g/mol. The summed E-state index contributed by atoms with van der Waals surface area (Å²) >= 11 is 12.1. The minimum Gasteiger partial charge on any atom is -0.399 e. The lowest BCUT2D eigenvalue weighted by Gasteiger charge is -2.32. The van der Waals surface area contributed by atoms with Gasteiger partial charge in [0.05, 0.1) is 15.6 Å². The lowest BCUT2D eigenvalue weighted by molar-refractivity contribution is 0.0687. The molecule has 1 saturated heterocycles. The van der Waals surface area contributed by atoms with Gasteiger partial charge in [0.25, 0.3) is 5.91 Å². The van der Waals surface area contributed by atoms with E-state index in [-0.39, 0.29) is 5.91 Å². The van der Waals surface area contributed by atoms with E-state index in [2.05, 4.69) is 6.92 Å². The van der Waals surface area contributed by atoms with Crippen LogP contribution in [-0.4, -0.2) is 23.9 Å². The Bertz CT molecular complexity index is 497. The van der Waals surface area contributed by atoms with E-state index in [9.17, 15) is 4.79 Å². The van der Waals surface area contributed by atoms with Crippen molar-refractivity contribution < 1.29 is 4.79 Å². The molecule has 0 bridgehead atoms. The first kappa shape index (κ1) is 15.5. The number of nitrogens with zero attached hydrogens (tertiary/aromatic N) is 1. The summed E-state index contributed by atoms with van der Waals surface area (Å²) in [5, 5.41) is 0.623. The van der Waals surface area contributed by atoms with E-state index in [0.29, 0.717) is 21.3 Å². The lowest BCUT2D eigenvalue weighted by Crippen LogP contribution is -2.38. The third-order valence-electron chi connectivity index (χ3n) is 3.88. The van der Waals surface area contributed by atoms with Crippen LogP contribution in [0.2, 0.25) is 10.0 Å². The predicted molar refractivity (Wildman–Crippen MR) is 84.4 cm³/mol. The van der Waals surface area contributed by atoms with Crippen LogP contribution in [0.25, 0.3) is 0 Å². The third-order valence-corrected chi connectivity index (χ3v) is 4.68. The van der Waals surface area contributed by atoms with Gasteiger partial charge in [0.2, 0.25) is 0 Å². The maximum atomic E-state index is 12.5. The normalized spacial score (nSPS) is 16.4. The van der Waals surface area contributed by atoms with Crippen LogP contribution in [0.15, 0.2) is 12.1 Å².